The van der Waals surface area contributed by atoms with Crippen LogP contribution in [-0.4, -0.2) is 32.3 Å². The van der Waals surface area contributed by atoms with Gasteiger partial charge in [0.2, 0.25) is 0 Å². The van der Waals surface area contributed by atoms with E-state index in [9.17, 15) is 0 Å². The minimum atomic E-state index is 0.379. The van der Waals surface area contributed by atoms with Gasteiger partial charge in [0.25, 0.3) is 0 Å². The minimum Gasteiger partial charge on any atom is -0.493 e. The van der Waals surface area contributed by atoms with Crippen molar-refractivity contribution in [2.45, 2.75) is 19.9 Å². The molecule has 0 atom stereocenters. The first-order valence-corrected chi connectivity index (χ1v) is 9.28. The van der Waals surface area contributed by atoms with Gasteiger partial charge in [-0.1, -0.05) is 0 Å². The van der Waals surface area contributed by atoms with E-state index in [0.29, 0.717) is 17.5 Å². The summed E-state index contributed by atoms with van der Waals surface area (Å²) in [6, 6.07) is 12.6. The summed E-state index contributed by atoms with van der Waals surface area (Å²) in [6.45, 7) is 4.29. The first-order chi connectivity index (χ1) is 13.5. The Bertz CT molecular complexity index is 1130. The van der Waals surface area contributed by atoms with Crippen LogP contribution < -0.4 is 14.4 Å². The van der Waals surface area contributed by atoms with Crippen LogP contribution in [0, 0.1) is 0 Å². The lowest BCUT2D eigenvalue weighted by atomic mass is 9.96. The molecule has 0 bridgehead atoms. The summed E-state index contributed by atoms with van der Waals surface area (Å²) in [5.41, 5.74) is 2.84. The highest BCUT2D eigenvalue weighted by Crippen LogP contribution is 2.41. The van der Waals surface area contributed by atoms with E-state index in [1.165, 1.54) is 0 Å². The quantitative estimate of drug-likeness (QED) is 0.460. The maximum atomic E-state index is 5.85. The molecule has 0 aliphatic rings. The number of hydrogen-bond donors (Lipinski definition) is 0. The number of anilines is 1. The largest absolute Gasteiger partial charge is 0.493 e. The first kappa shape index (κ1) is 18.2. The number of rotatable bonds is 5. The smallest absolute Gasteiger partial charge is 0.161 e. The maximum absolute atomic E-state index is 5.85. The fraction of sp³-hybridized carbons (Fsp3) is 0.261. The molecule has 0 spiro atoms. The van der Waals surface area contributed by atoms with Gasteiger partial charge in [-0.25, -0.2) is 4.98 Å². The van der Waals surface area contributed by atoms with Crippen LogP contribution in [-0.2, 0) is 0 Å². The molecule has 0 amide bonds. The Morgan fingerprint density at radius 3 is 2.36 bits per heavy atom. The molecular weight excluding hydrogens is 352 g/mol. The lowest BCUT2D eigenvalue weighted by Gasteiger charge is -2.22. The third kappa shape index (κ3) is 2.93. The second kappa shape index (κ2) is 7.08. The average molecular weight is 376 g/mol. The van der Waals surface area contributed by atoms with Gasteiger partial charge in [-0.2, -0.15) is 0 Å². The van der Waals surface area contributed by atoms with Crippen LogP contribution in [0.25, 0.3) is 32.9 Å². The number of methoxy groups -OCH3 is 2. The number of fused-ring (bicyclic) bond motifs is 2. The highest BCUT2D eigenvalue weighted by Gasteiger charge is 2.17. The molecule has 0 aliphatic carbocycles. The van der Waals surface area contributed by atoms with Crippen molar-refractivity contribution in [3.8, 4) is 22.6 Å². The Morgan fingerprint density at radius 2 is 1.71 bits per heavy atom. The normalized spacial score (nSPS) is 11.4. The first-order valence-electron chi connectivity index (χ1n) is 9.28. The summed E-state index contributed by atoms with van der Waals surface area (Å²) in [4.78, 5) is 6.82. The highest BCUT2D eigenvalue weighted by atomic mass is 16.5. The van der Waals surface area contributed by atoms with Crippen molar-refractivity contribution in [2.75, 3.05) is 26.2 Å². The van der Waals surface area contributed by atoms with Crippen molar-refractivity contribution in [1.82, 2.24) is 4.98 Å². The third-order valence-corrected chi connectivity index (χ3v) is 5.23. The molecule has 5 nitrogen and oxygen atoms in total. The molecule has 2 aromatic heterocycles. The molecule has 0 aliphatic heterocycles. The zero-order chi connectivity index (χ0) is 19.8. The topological polar surface area (TPSA) is 47.7 Å². The Balaban J connectivity index is 1.97. The van der Waals surface area contributed by atoms with Gasteiger partial charge >= 0.3 is 0 Å². The molecule has 0 fully saturated rings. The predicted octanol–water partition coefficient (Wildman–Crippen LogP) is 5.51. The number of pyridine rings is 1. The summed E-state index contributed by atoms with van der Waals surface area (Å²) in [5.74, 6) is 2.33. The number of hydrogen-bond acceptors (Lipinski definition) is 5. The monoisotopic (exact) mass is 376 g/mol. The van der Waals surface area contributed by atoms with Crippen molar-refractivity contribution in [3.05, 3.63) is 48.9 Å². The minimum absolute atomic E-state index is 0.379. The highest BCUT2D eigenvalue weighted by molar-refractivity contribution is 6.11. The molecule has 0 unspecified atom stereocenters. The van der Waals surface area contributed by atoms with E-state index in [1.54, 1.807) is 20.5 Å². The van der Waals surface area contributed by atoms with Gasteiger partial charge in [-0.3, -0.25) is 0 Å². The second-order valence-corrected chi connectivity index (χ2v) is 7.13. The van der Waals surface area contributed by atoms with Crippen LogP contribution >= 0.6 is 0 Å². The van der Waals surface area contributed by atoms with Crippen molar-refractivity contribution in [1.29, 1.82) is 0 Å². The van der Waals surface area contributed by atoms with Crippen LogP contribution in [0.3, 0.4) is 0 Å². The summed E-state index contributed by atoms with van der Waals surface area (Å²) in [6.07, 6.45) is 3.62. The zero-order valence-corrected chi connectivity index (χ0v) is 16.8. The molecule has 0 N–H and O–H groups in total. The van der Waals surface area contributed by atoms with Crippen LogP contribution in [0.5, 0.6) is 11.5 Å². The number of nitrogens with zero attached hydrogens (tertiary/aromatic N) is 2. The number of benzene rings is 2. The third-order valence-electron chi connectivity index (χ3n) is 5.23. The van der Waals surface area contributed by atoms with Crippen molar-refractivity contribution < 1.29 is 13.9 Å². The van der Waals surface area contributed by atoms with Crippen LogP contribution in [0.1, 0.15) is 13.8 Å². The Labute approximate surface area is 164 Å². The SMILES string of the molecule is COc1cc2cc3ccoc3c(-c3ccc(N(C)C(C)C)nc3)c2cc1OC. The van der Waals surface area contributed by atoms with Crippen molar-refractivity contribution in [2.24, 2.45) is 0 Å². The van der Waals surface area contributed by atoms with Crippen molar-refractivity contribution >= 4 is 27.6 Å². The summed E-state index contributed by atoms with van der Waals surface area (Å²) in [7, 11) is 5.34. The van der Waals surface area contributed by atoms with E-state index >= 15 is 0 Å². The lowest BCUT2D eigenvalue weighted by Crippen LogP contribution is -2.26. The molecule has 0 saturated heterocycles. The van der Waals surface area contributed by atoms with E-state index < -0.39 is 0 Å². The molecule has 28 heavy (non-hydrogen) atoms. The summed E-state index contributed by atoms with van der Waals surface area (Å²) >= 11 is 0. The predicted molar refractivity (Wildman–Crippen MR) is 114 cm³/mol. The lowest BCUT2D eigenvalue weighted by molar-refractivity contribution is 0.356. The molecule has 144 valence electrons. The summed E-state index contributed by atoms with van der Waals surface area (Å²) in [5, 5.41) is 3.13. The molecule has 0 radical (unpaired) electrons. The van der Waals surface area contributed by atoms with E-state index in [-0.39, 0.29) is 0 Å². The molecule has 0 saturated carbocycles. The van der Waals surface area contributed by atoms with E-state index in [0.717, 1.165) is 38.7 Å². The molecule has 2 heterocycles. The van der Waals surface area contributed by atoms with Crippen LogP contribution in [0.2, 0.25) is 0 Å². The van der Waals surface area contributed by atoms with Crippen LogP contribution in [0.4, 0.5) is 5.82 Å². The Kier molecular flexibility index (Phi) is 4.59. The van der Waals surface area contributed by atoms with Gasteiger partial charge in [-0.05, 0) is 61.0 Å². The molecule has 5 heteroatoms. The van der Waals surface area contributed by atoms with E-state index in [1.807, 2.05) is 37.5 Å². The maximum Gasteiger partial charge on any atom is 0.161 e. The van der Waals surface area contributed by atoms with Gasteiger partial charge in [0, 0.05) is 35.8 Å². The van der Waals surface area contributed by atoms with Gasteiger partial charge in [0.1, 0.15) is 11.4 Å². The van der Waals surface area contributed by atoms with Gasteiger partial charge in [0.15, 0.2) is 11.5 Å². The fourth-order valence-electron chi connectivity index (χ4n) is 3.45. The number of furan rings is 1. The molecule has 4 rings (SSSR count). The fourth-order valence-corrected chi connectivity index (χ4v) is 3.45. The Morgan fingerprint density at radius 1 is 0.964 bits per heavy atom. The van der Waals surface area contributed by atoms with Crippen molar-refractivity contribution in [3.63, 3.8) is 0 Å². The second-order valence-electron chi connectivity index (χ2n) is 7.13. The molecule has 4 aromatic rings. The van der Waals surface area contributed by atoms with Gasteiger partial charge in [-0.15, -0.1) is 0 Å². The number of aromatic nitrogens is 1. The van der Waals surface area contributed by atoms with Crippen LogP contribution in [0.15, 0.2) is 53.3 Å². The standard InChI is InChI=1S/C23H24N2O3/c1-14(2)25(3)21-7-6-16(13-24-21)22-18-12-20(27-5)19(26-4)11-17(18)10-15-8-9-28-23(15)22/h6-14H,1-5H3. The summed E-state index contributed by atoms with van der Waals surface area (Å²) < 4.78 is 16.9. The zero-order valence-electron chi connectivity index (χ0n) is 16.8. The number of ether oxygens (including phenoxy) is 2. The molecular formula is C23H24N2O3. The Hall–Kier alpha value is -3.21. The average Bonchev–Trinajstić information content (AvgIpc) is 3.18. The van der Waals surface area contributed by atoms with E-state index in [2.05, 4.69) is 35.9 Å². The van der Waals surface area contributed by atoms with Gasteiger partial charge in [0.05, 0.1) is 20.5 Å². The van der Waals surface area contributed by atoms with E-state index in [4.69, 9.17) is 13.9 Å². The molecule has 2 aromatic carbocycles. The van der Waals surface area contributed by atoms with Gasteiger partial charge < -0.3 is 18.8 Å².